The molecule has 6 nitrogen and oxygen atoms in total. The Hall–Kier alpha value is -3.84. The standard InChI is InChI=1S/C25H21F4N3O3/c26-19-3-1-2-16(12-19)4-7-23(33)31-20-13-18(24-30-14-22(32-24)25(27,28)29)5-6-21(20)35-15-17-8-10-34-11-9-17/h1-3,5-6,12-14,17H,8-11,15H2,(H,30,32)(H,31,33). The molecule has 1 aromatic heterocycles. The zero-order valence-corrected chi connectivity index (χ0v) is 18.4. The van der Waals surface area contributed by atoms with Crippen molar-refractivity contribution in [3.63, 3.8) is 0 Å². The Morgan fingerprint density at radius 1 is 1.20 bits per heavy atom. The fourth-order valence-electron chi connectivity index (χ4n) is 3.48. The summed E-state index contributed by atoms with van der Waals surface area (Å²) < 4.78 is 63.5. The normalized spacial score (nSPS) is 14.2. The van der Waals surface area contributed by atoms with Crippen molar-refractivity contribution >= 4 is 11.6 Å². The Kier molecular flexibility index (Phi) is 7.36. The second-order valence-electron chi connectivity index (χ2n) is 7.94. The minimum atomic E-state index is -4.57. The first-order chi connectivity index (χ1) is 16.8. The summed E-state index contributed by atoms with van der Waals surface area (Å²) in [6.07, 6.45) is -2.19. The molecule has 4 rings (SSSR count). The van der Waals surface area contributed by atoms with E-state index < -0.39 is 23.6 Å². The minimum Gasteiger partial charge on any atom is -0.491 e. The number of nitrogens with one attached hydrogen (secondary N) is 2. The van der Waals surface area contributed by atoms with E-state index in [-0.39, 0.29) is 17.4 Å². The Labute approximate surface area is 198 Å². The summed E-state index contributed by atoms with van der Waals surface area (Å²) in [5.74, 6) is 4.37. The lowest BCUT2D eigenvalue weighted by Gasteiger charge is -2.23. The maximum Gasteiger partial charge on any atom is 0.432 e. The molecule has 3 aromatic rings. The summed E-state index contributed by atoms with van der Waals surface area (Å²) in [5.41, 5.74) is -0.135. The largest absolute Gasteiger partial charge is 0.491 e. The summed E-state index contributed by atoms with van der Waals surface area (Å²) in [4.78, 5) is 18.5. The number of hydrogen-bond donors (Lipinski definition) is 2. The number of amides is 1. The minimum absolute atomic E-state index is 0.0188. The quantitative estimate of drug-likeness (QED) is 0.391. The molecular formula is C25H21F4N3O3. The van der Waals surface area contributed by atoms with Crippen LogP contribution in [0.15, 0.2) is 48.7 Å². The fraction of sp³-hybridized carbons (Fsp3) is 0.280. The van der Waals surface area contributed by atoms with Crippen LogP contribution in [0.25, 0.3) is 11.4 Å². The van der Waals surface area contributed by atoms with E-state index >= 15 is 0 Å². The van der Waals surface area contributed by atoms with Crippen LogP contribution in [0.2, 0.25) is 0 Å². The molecule has 0 radical (unpaired) electrons. The molecule has 0 saturated carbocycles. The van der Waals surface area contributed by atoms with Crippen molar-refractivity contribution < 1.29 is 31.8 Å². The molecule has 35 heavy (non-hydrogen) atoms. The van der Waals surface area contributed by atoms with Gasteiger partial charge in [-0.1, -0.05) is 12.0 Å². The smallest absolute Gasteiger partial charge is 0.432 e. The third kappa shape index (κ3) is 6.61. The number of halogens is 4. The molecule has 0 spiro atoms. The summed E-state index contributed by atoms with van der Waals surface area (Å²) in [6.45, 7) is 1.68. The first-order valence-corrected chi connectivity index (χ1v) is 10.8. The van der Waals surface area contributed by atoms with Gasteiger partial charge in [0.1, 0.15) is 23.1 Å². The van der Waals surface area contributed by atoms with Gasteiger partial charge >= 0.3 is 12.1 Å². The molecule has 0 aliphatic carbocycles. The number of hydrogen-bond acceptors (Lipinski definition) is 4. The molecular weight excluding hydrogens is 466 g/mol. The average Bonchev–Trinajstić information content (AvgIpc) is 3.34. The van der Waals surface area contributed by atoms with Crippen molar-refractivity contribution in [1.82, 2.24) is 9.97 Å². The summed E-state index contributed by atoms with van der Waals surface area (Å²) in [7, 11) is 0. The van der Waals surface area contributed by atoms with E-state index in [1.54, 1.807) is 18.2 Å². The van der Waals surface area contributed by atoms with E-state index in [4.69, 9.17) is 9.47 Å². The van der Waals surface area contributed by atoms with Gasteiger partial charge in [0, 0.05) is 30.3 Å². The highest BCUT2D eigenvalue weighted by Gasteiger charge is 2.33. The van der Waals surface area contributed by atoms with Crippen LogP contribution in [-0.2, 0) is 15.7 Å². The van der Waals surface area contributed by atoms with Crippen LogP contribution in [0, 0.1) is 23.6 Å². The van der Waals surface area contributed by atoms with Gasteiger partial charge in [-0.05, 0) is 55.2 Å². The molecule has 2 aromatic carbocycles. The molecule has 1 amide bonds. The number of aromatic nitrogens is 2. The SMILES string of the molecule is O=C(C#Cc1cccc(F)c1)Nc1cc(-c2ncc(C(F)(F)F)[nH]2)ccc1OCC1CCOCC1. The van der Waals surface area contributed by atoms with E-state index in [0.717, 1.165) is 12.8 Å². The van der Waals surface area contributed by atoms with E-state index in [9.17, 15) is 22.4 Å². The van der Waals surface area contributed by atoms with Gasteiger partial charge in [-0.15, -0.1) is 0 Å². The molecule has 10 heteroatoms. The molecule has 2 N–H and O–H groups in total. The van der Waals surface area contributed by atoms with Crippen LogP contribution in [0.3, 0.4) is 0 Å². The lowest BCUT2D eigenvalue weighted by Crippen LogP contribution is -2.22. The van der Waals surface area contributed by atoms with Gasteiger partial charge in [-0.2, -0.15) is 13.2 Å². The number of aromatic amines is 1. The van der Waals surface area contributed by atoms with Crippen LogP contribution >= 0.6 is 0 Å². The number of H-pyrrole nitrogens is 1. The van der Waals surface area contributed by atoms with Gasteiger partial charge in [0.25, 0.3) is 0 Å². The highest BCUT2D eigenvalue weighted by atomic mass is 19.4. The van der Waals surface area contributed by atoms with E-state index in [0.29, 0.717) is 42.9 Å². The van der Waals surface area contributed by atoms with Crippen LogP contribution in [0.5, 0.6) is 5.75 Å². The van der Waals surface area contributed by atoms with Gasteiger partial charge in [0.2, 0.25) is 0 Å². The maximum absolute atomic E-state index is 13.3. The van der Waals surface area contributed by atoms with Gasteiger partial charge in [-0.25, -0.2) is 9.37 Å². The number of imidazole rings is 1. The van der Waals surface area contributed by atoms with Crippen LogP contribution in [-0.4, -0.2) is 35.7 Å². The van der Waals surface area contributed by atoms with E-state index in [1.165, 1.54) is 24.3 Å². The van der Waals surface area contributed by atoms with Gasteiger partial charge < -0.3 is 19.8 Å². The Balaban J connectivity index is 1.57. The summed E-state index contributed by atoms with van der Waals surface area (Å²) >= 11 is 0. The molecule has 1 aliphatic rings. The van der Waals surface area contributed by atoms with Crippen LogP contribution in [0.1, 0.15) is 24.1 Å². The topological polar surface area (TPSA) is 76.2 Å². The second kappa shape index (κ2) is 10.6. The summed E-state index contributed by atoms with van der Waals surface area (Å²) in [5, 5.41) is 2.61. The number of rotatable bonds is 5. The zero-order chi connectivity index (χ0) is 24.8. The zero-order valence-electron chi connectivity index (χ0n) is 18.4. The van der Waals surface area contributed by atoms with Crippen molar-refractivity contribution in [3.8, 4) is 29.0 Å². The van der Waals surface area contributed by atoms with Crippen molar-refractivity contribution in [2.45, 2.75) is 19.0 Å². The monoisotopic (exact) mass is 487 g/mol. The van der Waals surface area contributed by atoms with Crippen molar-refractivity contribution in [1.29, 1.82) is 0 Å². The molecule has 1 fully saturated rings. The number of alkyl halides is 3. The lowest BCUT2D eigenvalue weighted by atomic mass is 10.0. The Morgan fingerprint density at radius 3 is 2.71 bits per heavy atom. The first kappa shape index (κ1) is 24.3. The van der Waals surface area contributed by atoms with Crippen LogP contribution in [0.4, 0.5) is 23.2 Å². The maximum atomic E-state index is 13.3. The number of carbonyl (C=O) groups excluding carboxylic acids is 1. The average molecular weight is 487 g/mol. The van der Waals surface area contributed by atoms with E-state index in [2.05, 4.69) is 27.1 Å². The van der Waals surface area contributed by atoms with Crippen LogP contribution < -0.4 is 10.1 Å². The first-order valence-electron chi connectivity index (χ1n) is 10.8. The van der Waals surface area contributed by atoms with Crippen molar-refractivity contribution in [2.24, 2.45) is 5.92 Å². The molecule has 1 saturated heterocycles. The summed E-state index contributed by atoms with van der Waals surface area (Å²) in [6, 6.07) is 10.0. The number of ether oxygens (including phenoxy) is 2. The third-order valence-corrected chi connectivity index (χ3v) is 5.34. The highest BCUT2D eigenvalue weighted by Crippen LogP contribution is 2.33. The fourth-order valence-corrected chi connectivity index (χ4v) is 3.48. The Bertz CT molecular complexity index is 1250. The van der Waals surface area contributed by atoms with Gasteiger partial charge in [-0.3, -0.25) is 4.79 Å². The highest BCUT2D eigenvalue weighted by molar-refractivity contribution is 6.05. The number of anilines is 1. The molecule has 2 heterocycles. The van der Waals surface area contributed by atoms with Crippen molar-refractivity contribution in [3.05, 3.63) is 65.7 Å². The Morgan fingerprint density at radius 2 is 2.00 bits per heavy atom. The predicted molar refractivity (Wildman–Crippen MR) is 120 cm³/mol. The van der Waals surface area contributed by atoms with Gasteiger partial charge in [0.05, 0.1) is 18.5 Å². The molecule has 0 bridgehead atoms. The predicted octanol–water partition coefficient (Wildman–Crippen LogP) is 5.03. The molecule has 182 valence electrons. The van der Waals surface area contributed by atoms with Crippen molar-refractivity contribution in [2.75, 3.05) is 25.1 Å². The van der Waals surface area contributed by atoms with Gasteiger partial charge in [0.15, 0.2) is 0 Å². The van der Waals surface area contributed by atoms with E-state index in [1.807, 2.05) is 0 Å². The molecule has 0 unspecified atom stereocenters. The second-order valence-corrected chi connectivity index (χ2v) is 7.94. The molecule has 0 atom stereocenters. The lowest BCUT2D eigenvalue weighted by molar-refractivity contribution is -0.140. The third-order valence-electron chi connectivity index (χ3n) is 5.34. The number of benzene rings is 2. The number of nitrogens with zero attached hydrogens (tertiary/aromatic N) is 1. The number of carbonyl (C=O) groups is 1. The molecule has 1 aliphatic heterocycles.